The summed E-state index contributed by atoms with van der Waals surface area (Å²) in [6, 6.07) is 4.41. The van der Waals surface area contributed by atoms with Crippen LogP contribution in [-0.4, -0.2) is 6.54 Å². The molecule has 1 aliphatic heterocycles. The molecule has 0 unspecified atom stereocenters. The monoisotopic (exact) mass is 161 g/mol. The molecule has 0 bridgehead atoms. The molecule has 0 atom stereocenters. The third-order valence-corrected chi connectivity index (χ3v) is 2.79. The number of nitrogens with one attached hydrogen (secondary N) is 1. The lowest BCUT2D eigenvalue weighted by Gasteiger charge is -2.20. The molecule has 0 amide bonds. The highest BCUT2D eigenvalue weighted by Gasteiger charge is 2.10. The van der Waals surface area contributed by atoms with Crippen LogP contribution in [0.2, 0.25) is 0 Å². The summed E-state index contributed by atoms with van der Waals surface area (Å²) in [6.07, 6.45) is 2.52. The Labute approximate surface area is 73.8 Å². The Morgan fingerprint density at radius 1 is 1.25 bits per heavy atom. The molecule has 1 aliphatic rings. The molecule has 0 fully saturated rings. The first-order valence-corrected chi connectivity index (χ1v) is 4.62. The molecular weight excluding hydrogens is 146 g/mol. The van der Waals surface area contributed by atoms with Gasteiger partial charge in [0.05, 0.1) is 0 Å². The fourth-order valence-corrected chi connectivity index (χ4v) is 1.85. The maximum atomic E-state index is 3.43. The third kappa shape index (κ3) is 1.09. The number of hydrogen-bond acceptors (Lipinski definition) is 1. The number of aryl methyl sites for hydroxylation is 1. The van der Waals surface area contributed by atoms with Crippen molar-refractivity contribution in [1.82, 2.24) is 0 Å². The molecule has 1 heteroatoms. The molecule has 1 N–H and O–H groups in total. The van der Waals surface area contributed by atoms with Gasteiger partial charge in [0.15, 0.2) is 0 Å². The first kappa shape index (κ1) is 7.66. The van der Waals surface area contributed by atoms with E-state index in [1.807, 2.05) is 0 Å². The van der Waals surface area contributed by atoms with Crippen molar-refractivity contribution in [1.29, 1.82) is 0 Å². The fourth-order valence-electron chi connectivity index (χ4n) is 1.85. The van der Waals surface area contributed by atoms with Crippen LogP contribution < -0.4 is 5.32 Å². The smallest absolute Gasteiger partial charge is 0.0375 e. The molecule has 0 saturated heterocycles. The van der Waals surface area contributed by atoms with Crippen molar-refractivity contribution < 1.29 is 0 Å². The van der Waals surface area contributed by atoms with Gasteiger partial charge in [-0.25, -0.2) is 0 Å². The van der Waals surface area contributed by atoms with Crippen LogP contribution in [0, 0.1) is 13.8 Å². The van der Waals surface area contributed by atoms with Gasteiger partial charge < -0.3 is 5.32 Å². The molecule has 0 spiro atoms. The van der Waals surface area contributed by atoms with Crippen LogP contribution in [0.1, 0.15) is 23.1 Å². The summed E-state index contributed by atoms with van der Waals surface area (Å²) in [4.78, 5) is 0. The maximum Gasteiger partial charge on any atom is 0.0375 e. The molecule has 0 saturated carbocycles. The Morgan fingerprint density at radius 3 is 2.92 bits per heavy atom. The molecular formula is C11H15N. The minimum atomic E-state index is 1.13. The number of hydrogen-bond donors (Lipinski definition) is 1. The average molecular weight is 161 g/mol. The normalized spacial score (nSPS) is 15.2. The number of fused-ring (bicyclic) bond motifs is 1. The summed E-state index contributed by atoms with van der Waals surface area (Å²) in [5.41, 5.74) is 5.77. The van der Waals surface area contributed by atoms with Crippen LogP contribution in [0.25, 0.3) is 0 Å². The lowest BCUT2D eigenvalue weighted by Crippen LogP contribution is -2.13. The van der Waals surface area contributed by atoms with Crippen molar-refractivity contribution in [2.45, 2.75) is 26.7 Å². The van der Waals surface area contributed by atoms with Gasteiger partial charge >= 0.3 is 0 Å². The first-order chi connectivity index (χ1) is 5.79. The number of benzene rings is 1. The highest BCUT2D eigenvalue weighted by Crippen LogP contribution is 2.26. The standard InChI is InChI=1S/C11H15N/c1-8-5-6-11-10(9(8)2)4-3-7-12-11/h5-6,12H,3-4,7H2,1-2H3. The second-order valence-corrected chi connectivity index (χ2v) is 3.56. The van der Waals surface area contributed by atoms with E-state index in [2.05, 4.69) is 31.3 Å². The van der Waals surface area contributed by atoms with Crippen molar-refractivity contribution in [3.05, 3.63) is 28.8 Å². The topological polar surface area (TPSA) is 12.0 Å². The zero-order chi connectivity index (χ0) is 8.55. The van der Waals surface area contributed by atoms with E-state index in [0.717, 1.165) is 6.54 Å². The van der Waals surface area contributed by atoms with Crippen molar-refractivity contribution in [2.24, 2.45) is 0 Å². The third-order valence-electron chi connectivity index (χ3n) is 2.79. The van der Waals surface area contributed by atoms with Gasteiger partial charge in [0.1, 0.15) is 0 Å². The van der Waals surface area contributed by atoms with Gasteiger partial charge in [0.25, 0.3) is 0 Å². The molecule has 64 valence electrons. The molecule has 1 heterocycles. The molecule has 1 aromatic rings. The van der Waals surface area contributed by atoms with E-state index in [0.29, 0.717) is 0 Å². The summed E-state index contributed by atoms with van der Waals surface area (Å²) in [7, 11) is 0. The van der Waals surface area contributed by atoms with Gasteiger partial charge in [0, 0.05) is 12.2 Å². The quantitative estimate of drug-likeness (QED) is 0.617. The zero-order valence-corrected chi connectivity index (χ0v) is 7.78. The van der Waals surface area contributed by atoms with E-state index in [9.17, 15) is 0 Å². The van der Waals surface area contributed by atoms with Gasteiger partial charge in [-0.1, -0.05) is 6.07 Å². The van der Waals surface area contributed by atoms with E-state index >= 15 is 0 Å². The zero-order valence-electron chi connectivity index (χ0n) is 7.78. The SMILES string of the molecule is Cc1ccc2c(c1C)CCCN2. The van der Waals surface area contributed by atoms with Gasteiger partial charge in [-0.3, -0.25) is 0 Å². The summed E-state index contributed by atoms with van der Waals surface area (Å²) in [6.45, 7) is 5.54. The Kier molecular flexibility index (Phi) is 1.80. The lowest BCUT2D eigenvalue weighted by molar-refractivity contribution is 0.822. The molecule has 0 aromatic heterocycles. The molecule has 0 aliphatic carbocycles. The largest absolute Gasteiger partial charge is 0.385 e. The highest BCUT2D eigenvalue weighted by molar-refractivity contribution is 5.58. The van der Waals surface area contributed by atoms with E-state index < -0.39 is 0 Å². The number of rotatable bonds is 0. The second kappa shape index (κ2) is 2.81. The fraction of sp³-hybridized carbons (Fsp3) is 0.455. The minimum Gasteiger partial charge on any atom is -0.385 e. The molecule has 1 aromatic carbocycles. The Morgan fingerprint density at radius 2 is 2.08 bits per heavy atom. The van der Waals surface area contributed by atoms with E-state index in [-0.39, 0.29) is 0 Å². The predicted octanol–water partition coefficient (Wildman–Crippen LogP) is 2.66. The average Bonchev–Trinajstić information content (AvgIpc) is 2.12. The van der Waals surface area contributed by atoms with Crippen molar-refractivity contribution in [2.75, 3.05) is 11.9 Å². The van der Waals surface area contributed by atoms with Gasteiger partial charge in [-0.2, -0.15) is 0 Å². The first-order valence-electron chi connectivity index (χ1n) is 4.62. The van der Waals surface area contributed by atoms with Crippen LogP contribution in [0.4, 0.5) is 5.69 Å². The van der Waals surface area contributed by atoms with Gasteiger partial charge in [0.2, 0.25) is 0 Å². The summed E-state index contributed by atoms with van der Waals surface area (Å²) in [5.74, 6) is 0. The molecule has 2 rings (SSSR count). The van der Waals surface area contributed by atoms with Crippen LogP contribution in [-0.2, 0) is 6.42 Å². The van der Waals surface area contributed by atoms with Crippen LogP contribution in [0.15, 0.2) is 12.1 Å². The minimum absolute atomic E-state index is 1.13. The lowest BCUT2D eigenvalue weighted by atomic mass is 9.95. The van der Waals surface area contributed by atoms with Crippen LogP contribution in [0.5, 0.6) is 0 Å². The number of anilines is 1. The van der Waals surface area contributed by atoms with Gasteiger partial charge in [-0.05, 0) is 49.4 Å². The van der Waals surface area contributed by atoms with E-state index in [4.69, 9.17) is 0 Å². The maximum absolute atomic E-state index is 3.43. The summed E-state index contributed by atoms with van der Waals surface area (Å²) in [5, 5.41) is 3.43. The summed E-state index contributed by atoms with van der Waals surface area (Å²) >= 11 is 0. The Bertz CT molecular complexity index is 302. The predicted molar refractivity (Wildman–Crippen MR) is 52.7 cm³/mol. The van der Waals surface area contributed by atoms with Crippen LogP contribution in [0.3, 0.4) is 0 Å². The van der Waals surface area contributed by atoms with Crippen molar-refractivity contribution >= 4 is 5.69 Å². The van der Waals surface area contributed by atoms with Crippen LogP contribution >= 0.6 is 0 Å². The van der Waals surface area contributed by atoms with Gasteiger partial charge in [-0.15, -0.1) is 0 Å². The second-order valence-electron chi connectivity index (χ2n) is 3.56. The molecule has 1 nitrogen and oxygen atoms in total. The highest BCUT2D eigenvalue weighted by atomic mass is 14.9. The van der Waals surface area contributed by atoms with Crippen molar-refractivity contribution in [3.63, 3.8) is 0 Å². The van der Waals surface area contributed by atoms with E-state index in [1.165, 1.54) is 35.2 Å². The van der Waals surface area contributed by atoms with Crippen molar-refractivity contribution in [3.8, 4) is 0 Å². The van der Waals surface area contributed by atoms with E-state index in [1.54, 1.807) is 0 Å². The Hall–Kier alpha value is -0.980. The Balaban J connectivity index is 2.54. The molecule has 0 radical (unpaired) electrons. The molecule has 12 heavy (non-hydrogen) atoms. The summed E-state index contributed by atoms with van der Waals surface area (Å²) < 4.78 is 0.